The van der Waals surface area contributed by atoms with Crippen molar-refractivity contribution in [3.05, 3.63) is 29.8 Å². The Morgan fingerprint density at radius 3 is 2.25 bits per heavy atom. The van der Waals surface area contributed by atoms with Gasteiger partial charge in [-0.15, -0.1) is 0 Å². The van der Waals surface area contributed by atoms with Crippen LogP contribution in [0.4, 0.5) is 0 Å². The predicted octanol–water partition coefficient (Wildman–Crippen LogP) is 3.40. The van der Waals surface area contributed by atoms with Gasteiger partial charge in [0.15, 0.2) is 0 Å². The summed E-state index contributed by atoms with van der Waals surface area (Å²) in [5, 5.41) is 9.68. The lowest BCUT2D eigenvalue weighted by atomic mass is 9.92. The van der Waals surface area contributed by atoms with E-state index in [-0.39, 0.29) is 0 Å². The molecule has 0 N–H and O–H groups in total. The van der Waals surface area contributed by atoms with Crippen LogP contribution in [-0.4, -0.2) is 30.6 Å². The molecule has 1 aliphatic rings. The third-order valence-electron chi connectivity index (χ3n) is 4.25. The molecule has 1 aromatic rings. The topological polar surface area (TPSA) is 36.3 Å². The minimum atomic E-state index is -0.404. The van der Waals surface area contributed by atoms with Gasteiger partial charge in [0.05, 0.1) is 13.2 Å². The lowest BCUT2D eigenvalue weighted by Gasteiger charge is -2.35. The van der Waals surface area contributed by atoms with Crippen molar-refractivity contribution in [3.63, 3.8) is 0 Å². The Morgan fingerprint density at radius 1 is 1.15 bits per heavy atom. The second-order valence-electron chi connectivity index (χ2n) is 5.81. The van der Waals surface area contributed by atoms with E-state index in [0.717, 1.165) is 25.3 Å². The first-order chi connectivity index (χ1) is 9.68. The molecule has 0 bridgehead atoms. The first-order valence-corrected chi connectivity index (χ1v) is 7.47. The molecular formula is C17H24N2O. The fraction of sp³-hybridized carbons (Fsp3) is 0.588. The van der Waals surface area contributed by atoms with E-state index in [0.29, 0.717) is 0 Å². The molecule has 2 rings (SSSR count). The van der Waals surface area contributed by atoms with E-state index < -0.39 is 5.54 Å². The van der Waals surface area contributed by atoms with Gasteiger partial charge >= 0.3 is 0 Å². The highest BCUT2D eigenvalue weighted by molar-refractivity contribution is 5.29. The Hall–Kier alpha value is -1.53. The van der Waals surface area contributed by atoms with Gasteiger partial charge in [-0.3, -0.25) is 4.90 Å². The summed E-state index contributed by atoms with van der Waals surface area (Å²) < 4.78 is 5.18. The summed E-state index contributed by atoms with van der Waals surface area (Å²) in [7, 11) is 1.67. The van der Waals surface area contributed by atoms with Gasteiger partial charge < -0.3 is 4.74 Å². The fourth-order valence-corrected chi connectivity index (χ4v) is 2.93. The van der Waals surface area contributed by atoms with Gasteiger partial charge in [-0.05, 0) is 50.6 Å². The molecule has 1 unspecified atom stereocenters. The third-order valence-corrected chi connectivity index (χ3v) is 4.25. The Morgan fingerprint density at radius 2 is 1.75 bits per heavy atom. The van der Waals surface area contributed by atoms with E-state index in [1.165, 1.54) is 31.2 Å². The zero-order chi connectivity index (χ0) is 14.4. The minimum Gasteiger partial charge on any atom is -0.497 e. The van der Waals surface area contributed by atoms with Gasteiger partial charge in [-0.1, -0.05) is 25.0 Å². The van der Waals surface area contributed by atoms with Crippen molar-refractivity contribution >= 4 is 0 Å². The van der Waals surface area contributed by atoms with Crippen LogP contribution in [0.2, 0.25) is 0 Å². The van der Waals surface area contributed by atoms with Crippen LogP contribution in [-0.2, 0) is 6.42 Å². The van der Waals surface area contributed by atoms with Gasteiger partial charge in [0.25, 0.3) is 0 Å². The van der Waals surface area contributed by atoms with Crippen molar-refractivity contribution in [1.82, 2.24) is 4.90 Å². The van der Waals surface area contributed by atoms with Crippen molar-refractivity contribution in [1.29, 1.82) is 5.26 Å². The largest absolute Gasteiger partial charge is 0.497 e. The van der Waals surface area contributed by atoms with Crippen LogP contribution in [0.15, 0.2) is 24.3 Å². The van der Waals surface area contributed by atoms with Crippen molar-refractivity contribution in [3.8, 4) is 11.8 Å². The maximum Gasteiger partial charge on any atom is 0.118 e. The Kier molecular flexibility index (Phi) is 5.03. The monoisotopic (exact) mass is 272 g/mol. The second-order valence-corrected chi connectivity index (χ2v) is 5.81. The van der Waals surface area contributed by atoms with E-state index in [2.05, 4.69) is 30.0 Å². The third kappa shape index (κ3) is 3.52. The van der Waals surface area contributed by atoms with E-state index in [4.69, 9.17) is 4.74 Å². The van der Waals surface area contributed by atoms with Gasteiger partial charge in [0.1, 0.15) is 11.3 Å². The molecule has 1 saturated heterocycles. The lowest BCUT2D eigenvalue weighted by molar-refractivity contribution is 0.157. The van der Waals surface area contributed by atoms with Crippen LogP contribution in [0.5, 0.6) is 5.75 Å². The molecule has 0 aliphatic carbocycles. The van der Waals surface area contributed by atoms with Gasteiger partial charge in [0, 0.05) is 6.42 Å². The van der Waals surface area contributed by atoms with E-state index in [9.17, 15) is 5.26 Å². The summed E-state index contributed by atoms with van der Waals surface area (Å²) in [5.74, 6) is 0.863. The molecule has 1 heterocycles. The molecule has 3 heteroatoms. The lowest BCUT2D eigenvalue weighted by Crippen LogP contribution is -2.47. The maximum atomic E-state index is 9.68. The van der Waals surface area contributed by atoms with Crippen molar-refractivity contribution in [2.24, 2.45) is 0 Å². The zero-order valence-corrected chi connectivity index (χ0v) is 12.6. The molecular weight excluding hydrogens is 248 g/mol. The summed E-state index contributed by atoms with van der Waals surface area (Å²) in [6.07, 6.45) is 5.77. The minimum absolute atomic E-state index is 0.404. The van der Waals surface area contributed by atoms with Crippen LogP contribution < -0.4 is 4.74 Å². The normalized spacial score (nSPS) is 19.6. The molecule has 0 aromatic heterocycles. The van der Waals surface area contributed by atoms with Crippen molar-refractivity contribution in [2.75, 3.05) is 20.2 Å². The smallest absolute Gasteiger partial charge is 0.118 e. The van der Waals surface area contributed by atoms with E-state index in [1.54, 1.807) is 7.11 Å². The number of ether oxygens (including phenoxy) is 1. The number of hydrogen-bond acceptors (Lipinski definition) is 3. The maximum absolute atomic E-state index is 9.68. The average molecular weight is 272 g/mol. The van der Waals surface area contributed by atoms with Crippen LogP contribution in [0.1, 0.15) is 38.2 Å². The molecule has 0 amide bonds. The number of nitriles is 1. The molecule has 0 radical (unpaired) electrons. The molecule has 1 fully saturated rings. The Bertz CT molecular complexity index is 455. The summed E-state index contributed by atoms with van der Waals surface area (Å²) in [6.45, 7) is 4.16. The Labute approximate surface area is 122 Å². The Balaban J connectivity index is 2.11. The van der Waals surface area contributed by atoms with E-state index in [1.807, 2.05) is 12.1 Å². The van der Waals surface area contributed by atoms with E-state index >= 15 is 0 Å². The number of nitrogens with zero attached hydrogens (tertiary/aromatic N) is 2. The molecule has 1 aromatic carbocycles. The molecule has 20 heavy (non-hydrogen) atoms. The predicted molar refractivity (Wildman–Crippen MR) is 80.8 cm³/mol. The quantitative estimate of drug-likeness (QED) is 0.843. The summed E-state index contributed by atoms with van der Waals surface area (Å²) in [4.78, 5) is 2.37. The summed E-state index contributed by atoms with van der Waals surface area (Å²) >= 11 is 0. The SMILES string of the molecule is COc1ccc(CC(C)(C#N)N2CCCCCC2)cc1. The van der Waals surface area contributed by atoms with Crippen LogP contribution >= 0.6 is 0 Å². The molecule has 1 atom stereocenters. The second kappa shape index (κ2) is 6.76. The van der Waals surface area contributed by atoms with Gasteiger partial charge in [-0.25, -0.2) is 0 Å². The number of hydrogen-bond donors (Lipinski definition) is 0. The average Bonchev–Trinajstić information content (AvgIpc) is 2.77. The number of methoxy groups -OCH3 is 1. The van der Waals surface area contributed by atoms with Gasteiger partial charge in [-0.2, -0.15) is 5.26 Å². The zero-order valence-electron chi connectivity index (χ0n) is 12.6. The fourth-order valence-electron chi connectivity index (χ4n) is 2.93. The van der Waals surface area contributed by atoms with Crippen LogP contribution in [0, 0.1) is 11.3 Å². The van der Waals surface area contributed by atoms with Gasteiger partial charge in [0.2, 0.25) is 0 Å². The van der Waals surface area contributed by atoms with Crippen molar-refractivity contribution in [2.45, 2.75) is 44.6 Å². The molecule has 0 spiro atoms. The number of rotatable bonds is 4. The highest BCUT2D eigenvalue weighted by Gasteiger charge is 2.32. The first-order valence-electron chi connectivity index (χ1n) is 7.47. The molecule has 0 saturated carbocycles. The summed E-state index contributed by atoms with van der Waals surface area (Å²) in [6, 6.07) is 10.6. The molecule has 1 aliphatic heterocycles. The van der Waals surface area contributed by atoms with Crippen molar-refractivity contribution < 1.29 is 4.74 Å². The highest BCUT2D eigenvalue weighted by atomic mass is 16.5. The summed E-state index contributed by atoms with van der Waals surface area (Å²) in [5.41, 5.74) is 0.790. The van der Waals surface area contributed by atoms with Crippen LogP contribution in [0.3, 0.4) is 0 Å². The first kappa shape index (κ1) is 14.9. The molecule has 108 valence electrons. The van der Waals surface area contributed by atoms with Crippen LogP contribution in [0.25, 0.3) is 0 Å². The highest BCUT2D eigenvalue weighted by Crippen LogP contribution is 2.25. The number of benzene rings is 1. The number of likely N-dealkylation sites (tertiary alicyclic amines) is 1. The molecule has 3 nitrogen and oxygen atoms in total. The standard InChI is InChI=1S/C17H24N2O/c1-17(14-18,19-11-5-3-4-6-12-19)13-15-7-9-16(20-2)10-8-15/h7-10H,3-6,11-13H2,1-2H3.